The number of rotatable bonds is 9. The summed E-state index contributed by atoms with van der Waals surface area (Å²) in [5.41, 5.74) is 0. The molecule has 0 spiro atoms. The van der Waals surface area contributed by atoms with Crippen molar-refractivity contribution in [2.45, 2.75) is 33.8 Å². The quantitative estimate of drug-likeness (QED) is 0.747. The van der Waals surface area contributed by atoms with Crippen LogP contribution in [0.4, 0.5) is 5.13 Å². The molecule has 5 heteroatoms. The van der Waals surface area contributed by atoms with E-state index in [-0.39, 0.29) is 6.61 Å². The zero-order valence-electron chi connectivity index (χ0n) is 11.7. The Labute approximate surface area is 114 Å². The van der Waals surface area contributed by atoms with Crippen LogP contribution in [0.15, 0.2) is 6.20 Å². The van der Waals surface area contributed by atoms with E-state index >= 15 is 0 Å². The van der Waals surface area contributed by atoms with E-state index in [1.165, 1.54) is 0 Å². The van der Waals surface area contributed by atoms with E-state index in [1.54, 1.807) is 17.5 Å². The lowest BCUT2D eigenvalue weighted by Crippen LogP contribution is -2.29. The van der Waals surface area contributed by atoms with Gasteiger partial charge in [0.15, 0.2) is 5.13 Å². The molecular formula is C13H25N3OS. The molecule has 1 aromatic rings. The normalized spacial score (nSPS) is 11.2. The minimum absolute atomic E-state index is 0.0919. The molecule has 0 amide bonds. The molecule has 1 N–H and O–H groups in total. The Kier molecular flexibility index (Phi) is 7.23. The summed E-state index contributed by atoms with van der Waals surface area (Å²) in [5, 5.41) is 10.1. The van der Waals surface area contributed by atoms with Crippen molar-refractivity contribution in [2.24, 2.45) is 0 Å². The second-order valence-corrected chi connectivity index (χ2v) is 5.32. The largest absolute Gasteiger partial charge is 0.391 e. The van der Waals surface area contributed by atoms with E-state index in [4.69, 9.17) is 5.11 Å². The first-order chi connectivity index (χ1) is 8.74. The summed E-state index contributed by atoms with van der Waals surface area (Å²) in [6.45, 7) is 12.0. The Morgan fingerprint density at radius 1 is 1.17 bits per heavy atom. The molecule has 104 valence electrons. The van der Waals surface area contributed by atoms with Gasteiger partial charge in [-0.3, -0.25) is 0 Å². The van der Waals surface area contributed by atoms with Crippen molar-refractivity contribution in [1.29, 1.82) is 0 Å². The second kappa shape index (κ2) is 8.45. The Bertz CT molecular complexity index is 326. The number of nitrogens with zero attached hydrogens (tertiary/aromatic N) is 3. The lowest BCUT2D eigenvalue weighted by molar-refractivity contribution is 0.285. The van der Waals surface area contributed by atoms with Gasteiger partial charge >= 0.3 is 0 Å². The molecule has 0 atom stereocenters. The lowest BCUT2D eigenvalue weighted by Gasteiger charge is -2.23. The van der Waals surface area contributed by atoms with Gasteiger partial charge in [0.2, 0.25) is 0 Å². The highest BCUT2D eigenvalue weighted by atomic mass is 32.1. The number of aliphatic hydroxyl groups excluding tert-OH is 1. The summed E-state index contributed by atoms with van der Waals surface area (Å²) in [6, 6.07) is 0. The van der Waals surface area contributed by atoms with Crippen LogP contribution in [0.3, 0.4) is 0 Å². The maximum atomic E-state index is 9.06. The number of thiazole rings is 1. The second-order valence-electron chi connectivity index (χ2n) is 4.23. The third-order valence-corrected chi connectivity index (χ3v) is 4.19. The SMILES string of the molecule is CCN(CC)CCCN(CC)c1ncc(CO)s1. The van der Waals surface area contributed by atoms with Gasteiger partial charge < -0.3 is 14.9 Å². The predicted molar refractivity (Wildman–Crippen MR) is 78.3 cm³/mol. The van der Waals surface area contributed by atoms with Crippen LogP contribution in [0.2, 0.25) is 0 Å². The minimum atomic E-state index is 0.0919. The fourth-order valence-electron chi connectivity index (χ4n) is 1.93. The van der Waals surface area contributed by atoms with Crippen LogP contribution in [-0.2, 0) is 6.61 Å². The average molecular weight is 271 g/mol. The van der Waals surface area contributed by atoms with Crippen LogP contribution in [0.5, 0.6) is 0 Å². The molecule has 0 bridgehead atoms. The maximum Gasteiger partial charge on any atom is 0.185 e. The maximum absolute atomic E-state index is 9.06. The topological polar surface area (TPSA) is 39.6 Å². The van der Waals surface area contributed by atoms with Crippen molar-refractivity contribution >= 4 is 16.5 Å². The van der Waals surface area contributed by atoms with E-state index in [9.17, 15) is 0 Å². The van der Waals surface area contributed by atoms with Gasteiger partial charge in [-0.25, -0.2) is 4.98 Å². The number of hydrogen-bond acceptors (Lipinski definition) is 5. The molecule has 1 aromatic heterocycles. The Morgan fingerprint density at radius 2 is 1.89 bits per heavy atom. The van der Waals surface area contributed by atoms with Crippen molar-refractivity contribution in [3.63, 3.8) is 0 Å². The van der Waals surface area contributed by atoms with Gasteiger partial charge in [-0.15, -0.1) is 0 Å². The highest BCUT2D eigenvalue weighted by Gasteiger charge is 2.09. The molecule has 0 aliphatic heterocycles. The van der Waals surface area contributed by atoms with Crippen LogP contribution >= 0.6 is 11.3 Å². The van der Waals surface area contributed by atoms with E-state index in [1.807, 2.05) is 0 Å². The molecule has 0 radical (unpaired) electrons. The van der Waals surface area contributed by atoms with Gasteiger partial charge in [0.25, 0.3) is 0 Å². The van der Waals surface area contributed by atoms with E-state index in [0.717, 1.165) is 49.2 Å². The van der Waals surface area contributed by atoms with Gasteiger partial charge in [0.1, 0.15) is 0 Å². The summed E-state index contributed by atoms with van der Waals surface area (Å²) < 4.78 is 0. The molecule has 0 aliphatic carbocycles. The molecule has 1 rings (SSSR count). The summed E-state index contributed by atoms with van der Waals surface area (Å²) >= 11 is 1.59. The van der Waals surface area contributed by atoms with Crippen LogP contribution in [0.25, 0.3) is 0 Å². The number of aromatic nitrogens is 1. The first-order valence-electron chi connectivity index (χ1n) is 6.77. The van der Waals surface area contributed by atoms with Crippen LogP contribution in [-0.4, -0.2) is 47.7 Å². The fraction of sp³-hybridized carbons (Fsp3) is 0.769. The van der Waals surface area contributed by atoms with E-state index < -0.39 is 0 Å². The van der Waals surface area contributed by atoms with Crippen LogP contribution in [0, 0.1) is 0 Å². The van der Waals surface area contributed by atoms with Crippen molar-refractivity contribution in [1.82, 2.24) is 9.88 Å². The van der Waals surface area contributed by atoms with E-state index in [0.29, 0.717) is 0 Å². The minimum Gasteiger partial charge on any atom is -0.391 e. The molecule has 0 saturated carbocycles. The third kappa shape index (κ3) is 4.55. The average Bonchev–Trinajstić information content (AvgIpc) is 2.88. The summed E-state index contributed by atoms with van der Waals surface area (Å²) in [6.07, 6.45) is 2.93. The molecule has 4 nitrogen and oxygen atoms in total. The molecule has 0 aromatic carbocycles. The first-order valence-corrected chi connectivity index (χ1v) is 7.59. The Hall–Kier alpha value is -0.650. The van der Waals surface area contributed by atoms with E-state index in [2.05, 4.69) is 35.6 Å². The van der Waals surface area contributed by atoms with Crippen molar-refractivity contribution in [2.75, 3.05) is 37.6 Å². The van der Waals surface area contributed by atoms with Gasteiger partial charge in [-0.05, 0) is 33.0 Å². The summed E-state index contributed by atoms with van der Waals surface area (Å²) in [7, 11) is 0. The first kappa shape index (κ1) is 15.4. The lowest BCUT2D eigenvalue weighted by atomic mass is 10.3. The fourth-order valence-corrected chi connectivity index (χ4v) is 2.79. The number of aliphatic hydroxyl groups is 1. The molecule has 0 unspecified atom stereocenters. The predicted octanol–water partition coefficient (Wildman–Crippen LogP) is 2.19. The summed E-state index contributed by atoms with van der Waals surface area (Å²) in [5.74, 6) is 0. The molecule has 0 aliphatic rings. The molecule has 18 heavy (non-hydrogen) atoms. The molecule has 1 heterocycles. The third-order valence-electron chi connectivity index (χ3n) is 3.15. The molecule has 0 saturated heterocycles. The number of hydrogen-bond donors (Lipinski definition) is 1. The van der Waals surface area contributed by atoms with Gasteiger partial charge in [0, 0.05) is 19.3 Å². The highest BCUT2D eigenvalue weighted by molar-refractivity contribution is 7.15. The highest BCUT2D eigenvalue weighted by Crippen LogP contribution is 2.22. The molecular weight excluding hydrogens is 246 g/mol. The molecule has 0 fully saturated rings. The smallest absolute Gasteiger partial charge is 0.185 e. The Morgan fingerprint density at radius 3 is 2.39 bits per heavy atom. The van der Waals surface area contributed by atoms with Gasteiger partial charge in [0.05, 0.1) is 11.5 Å². The Balaban J connectivity index is 2.42. The number of anilines is 1. The van der Waals surface area contributed by atoms with Crippen molar-refractivity contribution in [3.05, 3.63) is 11.1 Å². The van der Waals surface area contributed by atoms with Crippen LogP contribution in [0.1, 0.15) is 32.1 Å². The van der Waals surface area contributed by atoms with Crippen molar-refractivity contribution in [3.8, 4) is 0 Å². The van der Waals surface area contributed by atoms with Gasteiger partial charge in [-0.1, -0.05) is 25.2 Å². The van der Waals surface area contributed by atoms with Crippen molar-refractivity contribution < 1.29 is 5.11 Å². The standard InChI is InChI=1S/C13H25N3OS/c1-4-15(5-2)8-7-9-16(6-3)13-14-10-12(11-17)18-13/h10,17H,4-9,11H2,1-3H3. The zero-order chi connectivity index (χ0) is 13.4. The monoisotopic (exact) mass is 271 g/mol. The van der Waals surface area contributed by atoms with Crippen LogP contribution < -0.4 is 4.90 Å². The zero-order valence-corrected chi connectivity index (χ0v) is 12.5. The van der Waals surface area contributed by atoms with Gasteiger partial charge in [-0.2, -0.15) is 0 Å². The summed E-state index contributed by atoms with van der Waals surface area (Å²) in [4.78, 5) is 10.0.